The predicted molar refractivity (Wildman–Crippen MR) is 164 cm³/mol. The summed E-state index contributed by atoms with van der Waals surface area (Å²) in [5.41, 5.74) is 1.17. The SMILES string of the molecule is CC(C)CCCCN(CCCCCC(=O)O)S(=O)(=O)/C=C/c1ccc(NC(=O)C2CCC(C(C(=O)O)C(=O)O)CC2)cc1. The minimum absolute atomic E-state index is 0.0681. The van der Waals surface area contributed by atoms with Crippen molar-refractivity contribution in [1.82, 2.24) is 4.31 Å². The second-order valence-corrected chi connectivity index (χ2v) is 13.5. The fourth-order valence-corrected chi connectivity index (χ4v) is 6.61. The first-order valence-electron chi connectivity index (χ1n) is 15.1. The van der Waals surface area contributed by atoms with Crippen LogP contribution in [0.2, 0.25) is 0 Å². The second-order valence-electron chi connectivity index (χ2n) is 11.7. The molecular weight excluding hydrogens is 576 g/mol. The topological polar surface area (TPSA) is 178 Å². The summed E-state index contributed by atoms with van der Waals surface area (Å²) in [5, 5.41) is 31.3. The zero-order valence-corrected chi connectivity index (χ0v) is 25.9. The number of sulfonamides is 1. The van der Waals surface area contributed by atoms with Crippen LogP contribution in [0.25, 0.3) is 6.08 Å². The average molecular weight is 623 g/mol. The van der Waals surface area contributed by atoms with Gasteiger partial charge in [-0.1, -0.05) is 45.2 Å². The Bertz CT molecular complexity index is 1190. The standard InChI is InChI=1S/C31H46N2O9S/c1-22(2)8-5-7-20-33(19-6-3-4-9-27(34)35)43(41,42)21-18-23-10-16-26(17-11-23)32-29(36)25-14-12-24(13-15-25)28(30(37)38)31(39)40/h10-11,16-18,21-22,24-25,28H,3-9,12-15,19-20H2,1-2H3,(H,32,36)(H,34,35)(H,37,38)(H,39,40)/b21-18+. The van der Waals surface area contributed by atoms with Gasteiger partial charge in [-0.05, 0) is 80.6 Å². The number of carboxylic acids is 3. The van der Waals surface area contributed by atoms with Crippen molar-refractivity contribution in [3.8, 4) is 0 Å². The molecular formula is C31H46N2O9S. The number of carbonyl (C=O) groups is 4. The molecule has 0 unspecified atom stereocenters. The maximum absolute atomic E-state index is 13.2. The van der Waals surface area contributed by atoms with Crippen molar-refractivity contribution in [2.45, 2.75) is 84.5 Å². The predicted octanol–water partition coefficient (Wildman–Crippen LogP) is 5.29. The van der Waals surface area contributed by atoms with Gasteiger partial charge < -0.3 is 20.6 Å². The average Bonchev–Trinajstić information content (AvgIpc) is 2.93. The second kappa shape index (κ2) is 17.8. The molecule has 2 rings (SSSR count). The van der Waals surface area contributed by atoms with Crippen LogP contribution in [0.3, 0.4) is 0 Å². The first kappa shape index (κ1) is 35.9. The Hall–Kier alpha value is -3.25. The molecule has 1 aromatic carbocycles. The molecule has 0 aromatic heterocycles. The lowest BCUT2D eigenvalue weighted by molar-refractivity contribution is -0.158. The minimum Gasteiger partial charge on any atom is -0.481 e. The molecule has 1 amide bonds. The molecule has 43 heavy (non-hydrogen) atoms. The lowest BCUT2D eigenvalue weighted by Crippen LogP contribution is -2.35. The number of nitrogens with zero attached hydrogens (tertiary/aromatic N) is 1. The van der Waals surface area contributed by atoms with Crippen molar-refractivity contribution >= 4 is 45.6 Å². The van der Waals surface area contributed by atoms with E-state index in [-0.39, 0.29) is 18.2 Å². The molecule has 0 spiro atoms. The Morgan fingerprint density at radius 2 is 1.47 bits per heavy atom. The Labute approximate surface area is 254 Å². The lowest BCUT2D eigenvalue weighted by Gasteiger charge is -2.29. The van der Waals surface area contributed by atoms with E-state index in [0.717, 1.165) is 19.3 Å². The van der Waals surface area contributed by atoms with Crippen molar-refractivity contribution in [2.75, 3.05) is 18.4 Å². The van der Waals surface area contributed by atoms with Crippen LogP contribution in [0.5, 0.6) is 0 Å². The van der Waals surface area contributed by atoms with Crippen molar-refractivity contribution in [1.29, 1.82) is 0 Å². The van der Waals surface area contributed by atoms with Gasteiger partial charge in [0.05, 0.1) is 0 Å². The summed E-state index contributed by atoms with van der Waals surface area (Å²) in [6.45, 7) is 4.99. The Morgan fingerprint density at radius 1 is 0.884 bits per heavy atom. The van der Waals surface area contributed by atoms with Crippen LogP contribution in [0, 0.1) is 23.7 Å². The molecule has 0 radical (unpaired) electrons. The van der Waals surface area contributed by atoms with E-state index in [0.29, 0.717) is 75.2 Å². The number of nitrogens with one attached hydrogen (secondary N) is 1. The van der Waals surface area contributed by atoms with Gasteiger partial charge in [-0.25, -0.2) is 8.42 Å². The Morgan fingerprint density at radius 3 is 2.00 bits per heavy atom. The van der Waals surface area contributed by atoms with Gasteiger partial charge in [0.15, 0.2) is 5.92 Å². The molecule has 0 saturated heterocycles. The number of rotatable bonds is 19. The molecule has 0 aliphatic heterocycles. The van der Waals surface area contributed by atoms with Crippen LogP contribution in [-0.4, -0.2) is 64.9 Å². The van der Waals surface area contributed by atoms with Crippen LogP contribution >= 0.6 is 0 Å². The summed E-state index contributed by atoms with van der Waals surface area (Å²) in [5.74, 6) is -5.57. The number of anilines is 1. The zero-order chi connectivity index (χ0) is 32.0. The van der Waals surface area contributed by atoms with E-state index in [2.05, 4.69) is 19.2 Å². The number of carbonyl (C=O) groups excluding carboxylic acids is 1. The molecule has 12 heteroatoms. The van der Waals surface area contributed by atoms with Gasteiger partial charge in [0.25, 0.3) is 0 Å². The Kier molecular flexibility index (Phi) is 14.9. The molecule has 4 N–H and O–H groups in total. The highest BCUT2D eigenvalue weighted by Gasteiger charge is 2.38. The maximum Gasteiger partial charge on any atom is 0.318 e. The number of unbranched alkanes of at least 4 members (excludes halogenated alkanes) is 3. The molecule has 1 aliphatic carbocycles. The first-order valence-corrected chi connectivity index (χ1v) is 16.6. The van der Waals surface area contributed by atoms with E-state index in [4.69, 9.17) is 5.11 Å². The number of benzene rings is 1. The Balaban J connectivity index is 1.94. The van der Waals surface area contributed by atoms with Crippen molar-refractivity contribution in [2.24, 2.45) is 23.7 Å². The summed E-state index contributed by atoms with van der Waals surface area (Å²) in [4.78, 5) is 46.1. The van der Waals surface area contributed by atoms with E-state index in [9.17, 15) is 37.8 Å². The number of aliphatic carboxylic acids is 3. The summed E-state index contributed by atoms with van der Waals surface area (Å²) >= 11 is 0. The van der Waals surface area contributed by atoms with Crippen LogP contribution in [0.1, 0.15) is 90.0 Å². The number of carboxylic acid groups (broad SMARTS) is 3. The van der Waals surface area contributed by atoms with E-state index >= 15 is 0 Å². The number of amides is 1. The summed E-state index contributed by atoms with van der Waals surface area (Å²) in [7, 11) is -3.70. The third kappa shape index (κ3) is 12.9. The summed E-state index contributed by atoms with van der Waals surface area (Å²) in [6.07, 6.45) is 7.48. The molecule has 1 fully saturated rings. The van der Waals surface area contributed by atoms with Gasteiger partial charge in [0, 0.05) is 36.5 Å². The van der Waals surface area contributed by atoms with E-state index in [1.165, 1.54) is 15.8 Å². The molecule has 1 saturated carbocycles. The fraction of sp³-hybridized carbons (Fsp3) is 0.613. The van der Waals surface area contributed by atoms with Gasteiger partial charge >= 0.3 is 17.9 Å². The minimum atomic E-state index is -3.70. The largest absolute Gasteiger partial charge is 0.481 e. The highest BCUT2D eigenvalue weighted by Crippen LogP contribution is 2.34. The quantitative estimate of drug-likeness (QED) is 0.118. The van der Waals surface area contributed by atoms with Crippen molar-refractivity contribution < 1.29 is 42.9 Å². The molecule has 11 nitrogen and oxygen atoms in total. The molecule has 0 heterocycles. The smallest absolute Gasteiger partial charge is 0.318 e. The molecule has 1 aliphatic rings. The zero-order valence-electron chi connectivity index (χ0n) is 25.1. The normalized spacial score (nSPS) is 17.5. The van der Waals surface area contributed by atoms with E-state index < -0.39 is 39.8 Å². The lowest BCUT2D eigenvalue weighted by atomic mass is 9.75. The van der Waals surface area contributed by atoms with Gasteiger partial charge in [0.2, 0.25) is 15.9 Å². The fourth-order valence-electron chi connectivity index (χ4n) is 5.34. The first-order chi connectivity index (χ1) is 20.3. The molecule has 0 bridgehead atoms. The number of hydrogen-bond donors (Lipinski definition) is 4. The third-order valence-electron chi connectivity index (χ3n) is 7.85. The van der Waals surface area contributed by atoms with Crippen molar-refractivity contribution in [3.05, 3.63) is 35.2 Å². The summed E-state index contributed by atoms with van der Waals surface area (Å²) in [6, 6.07) is 6.74. The van der Waals surface area contributed by atoms with Crippen LogP contribution in [0.15, 0.2) is 29.7 Å². The molecule has 240 valence electrons. The van der Waals surface area contributed by atoms with E-state index in [1.807, 2.05) is 0 Å². The van der Waals surface area contributed by atoms with Crippen molar-refractivity contribution in [3.63, 3.8) is 0 Å². The third-order valence-corrected chi connectivity index (χ3v) is 9.42. The van der Waals surface area contributed by atoms with Gasteiger partial charge in [-0.3, -0.25) is 19.2 Å². The van der Waals surface area contributed by atoms with E-state index in [1.54, 1.807) is 24.3 Å². The van der Waals surface area contributed by atoms with Crippen LogP contribution in [-0.2, 0) is 29.2 Å². The summed E-state index contributed by atoms with van der Waals surface area (Å²) < 4.78 is 27.8. The molecule has 0 atom stereocenters. The molecule has 1 aromatic rings. The number of hydrogen-bond acceptors (Lipinski definition) is 6. The highest BCUT2D eigenvalue weighted by atomic mass is 32.2. The van der Waals surface area contributed by atoms with Gasteiger partial charge in [-0.2, -0.15) is 4.31 Å². The monoisotopic (exact) mass is 622 g/mol. The van der Waals surface area contributed by atoms with Crippen LogP contribution < -0.4 is 5.32 Å². The van der Waals surface area contributed by atoms with Gasteiger partial charge in [0.1, 0.15) is 0 Å². The maximum atomic E-state index is 13.2. The van der Waals surface area contributed by atoms with Crippen LogP contribution in [0.4, 0.5) is 5.69 Å². The highest BCUT2D eigenvalue weighted by molar-refractivity contribution is 7.92. The van der Waals surface area contributed by atoms with Gasteiger partial charge in [-0.15, -0.1) is 0 Å².